The Morgan fingerprint density at radius 2 is 2.00 bits per heavy atom. The monoisotopic (exact) mass is 273 g/mol. The van der Waals surface area contributed by atoms with Gasteiger partial charge in [-0.25, -0.2) is 0 Å². The number of hydrogen-bond donors (Lipinski definition) is 1. The third-order valence-electron chi connectivity index (χ3n) is 3.48. The zero-order chi connectivity index (χ0) is 14.5. The quantitative estimate of drug-likeness (QED) is 0.868. The van der Waals surface area contributed by atoms with Gasteiger partial charge in [0.05, 0.1) is 13.2 Å². The summed E-state index contributed by atoms with van der Waals surface area (Å²) in [6.07, 6.45) is 0.917. The van der Waals surface area contributed by atoms with Crippen LogP contribution in [0.3, 0.4) is 0 Å². The van der Waals surface area contributed by atoms with Crippen molar-refractivity contribution in [2.75, 3.05) is 13.7 Å². The van der Waals surface area contributed by atoms with E-state index in [1.165, 1.54) is 5.56 Å². The molecule has 1 atom stereocenters. The molecule has 0 aliphatic heterocycles. The van der Waals surface area contributed by atoms with Crippen molar-refractivity contribution >= 4 is 0 Å². The Morgan fingerprint density at radius 3 is 2.55 bits per heavy atom. The maximum absolute atomic E-state index is 5.90. The molecule has 0 saturated heterocycles. The van der Waals surface area contributed by atoms with Gasteiger partial charge in [-0.05, 0) is 42.8 Å². The Labute approximate surface area is 121 Å². The number of hydrogen-bond acceptors (Lipinski definition) is 3. The third kappa shape index (κ3) is 3.05. The Morgan fingerprint density at radius 1 is 1.20 bits per heavy atom. The highest BCUT2D eigenvalue weighted by Crippen LogP contribution is 2.28. The van der Waals surface area contributed by atoms with E-state index in [0.717, 1.165) is 35.8 Å². The minimum absolute atomic E-state index is 0.0879. The zero-order valence-corrected chi connectivity index (χ0v) is 12.7. The summed E-state index contributed by atoms with van der Waals surface area (Å²) in [4.78, 5) is 0. The van der Waals surface area contributed by atoms with Gasteiger partial charge in [0.2, 0.25) is 0 Å². The van der Waals surface area contributed by atoms with Crippen molar-refractivity contribution in [2.24, 2.45) is 0 Å². The van der Waals surface area contributed by atoms with Gasteiger partial charge in [-0.3, -0.25) is 0 Å². The van der Waals surface area contributed by atoms with Gasteiger partial charge >= 0.3 is 0 Å². The van der Waals surface area contributed by atoms with Crippen LogP contribution >= 0.6 is 0 Å². The van der Waals surface area contributed by atoms with Crippen molar-refractivity contribution in [3.63, 3.8) is 0 Å². The molecule has 1 aromatic heterocycles. The van der Waals surface area contributed by atoms with E-state index in [0.29, 0.717) is 0 Å². The van der Waals surface area contributed by atoms with Crippen LogP contribution < -0.4 is 10.1 Å². The van der Waals surface area contributed by atoms with E-state index in [1.807, 2.05) is 6.07 Å². The molecule has 1 aromatic carbocycles. The molecule has 0 saturated carbocycles. The molecule has 1 N–H and O–H groups in total. The highest BCUT2D eigenvalue weighted by Gasteiger charge is 2.17. The summed E-state index contributed by atoms with van der Waals surface area (Å²) >= 11 is 0. The second kappa shape index (κ2) is 6.62. The number of nitrogens with one attached hydrogen (secondary N) is 1. The summed E-state index contributed by atoms with van der Waals surface area (Å²) in [5.74, 6) is 2.90. The topological polar surface area (TPSA) is 34.4 Å². The second-order valence-corrected chi connectivity index (χ2v) is 4.88. The lowest BCUT2D eigenvalue weighted by Gasteiger charge is -2.17. The molecule has 0 radical (unpaired) electrons. The smallest absolute Gasteiger partial charge is 0.125 e. The van der Waals surface area contributed by atoms with E-state index in [2.05, 4.69) is 50.4 Å². The number of methoxy groups -OCH3 is 1. The van der Waals surface area contributed by atoms with Crippen molar-refractivity contribution in [2.45, 2.75) is 33.2 Å². The van der Waals surface area contributed by atoms with Crippen molar-refractivity contribution in [3.8, 4) is 5.75 Å². The Bertz CT molecular complexity index is 560. The minimum atomic E-state index is 0.0879. The number of ether oxygens (including phenoxy) is 1. The molecule has 0 aliphatic rings. The number of benzene rings is 1. The summed E-state index contributed by atoms with van der Waals surface area (Å²) in [5, 5.41) is 3.48. The highest BCUT2D eigenvalue weighted by molar-refractivity contribution is 5.39. The molecule has 2 aromatic rings. The predicted molar refractivity (Wildman–Crippen MR) is 81.3 cm³/mol. The van der Waals surface area contributed by atoms with E-state index in [9.17, 15) is 0 Å². The van der Waals surface area contributed by atoms with Gasteiger partial charge in [-0.1, -0.05) is 26.0 Å². The molecular weight excluding hydrogens is 250 g/mol. The van der Waals surface area contributed by atoms with Crippen LogP contribution in [0.25, 0.3) is 0 Å². The van der Waals surface area contributed by atoms with E-state index in [4.69, 9.17) is 9.15 Å². The van der Waals surface area contributed by atoms with Crippen molar-refractivity contribution in [1.29, 1.82) is 0 Å². The maximum Gasteiger partial charge on any atom is 0.125 e. The standard InChI is InChI=1S/C17H23NO2/c1-5-14-8-10-16(20-14)17(18-6-2)13-7-9-15(19-4)12(3)11-13/h7-11,17-18H,5-6H2,1-4H3. The number of rotatable bonds is 6. The van der Waals surface area contributed by atoms with E-state index < -0.39 is 0 Å². The lowest BCUT2D eigenvalue weighted by molar-refractivity contribution is 0.409. The third-order valence-corrected chi connectivity index (χ3v) is 3.48. The van der Waals surface area contributed by atoms with Crippen molar-refractivity contribution < 1.29 is 9.15 Å². The fourth-order valence-corrected chi connectivity index (χ4v) is 2.41. The minimum Gasteiger partial charge on any atom is -0.496 e. The van der Waals surface area contributed by atoms with E-state index in [1.54, 1.807) is 7.11 Å². The fourth-order valence-electron chi connectivity index (χ4n) is 2.41. The first kappa shape index (κ1) is 14.7. The largest absolute Gasteiger partial charge is 0.496 e. The molecule has 3 heteroatoms. The van der Waals surface area contributed by atoms with Crippen LogP contribution in [0.1, 0.15) is 42.5 Å². The van der Waals surface area contributed by atoms with E-state index in [-0.39, 0.29) is 6.04 Å². The van der Waals surface area contributed by atoms with Crippen molar-refractivity contribution in [1.82, 2.24) is 5.32 Å². The number of aryl methyl sites for hydroxylation is 2. The Kier molecular flexibility index (Phi) is 4.85. The highest BCUT2D eigenvalue weighted by atomic mass is 16.5. The maximum atomic E-state index is 5.90. The second-order valence-electron chi connectivity index (χ2n) is 4.88. The van der Waals surface area contributed by atoms with Gasteiger partial charge in [-0.2, -0.15) is 0 Å². The molecule has 0 fully saturated rings. The summed E-state index contributed by atoms with van der Waals surface area (Å²) in [7, 11) is 1.70. The fraction of sp³-hybridized carbons (Fsp3) is 0.412. The first-order chi connectivity index (χ1) is 9.69. The lowest BCUT2D eigenvalue weighted by Crippen LogP contribution is -2.21. The molecule has 0 aliphatic carbocycles. The molecule has 0 bridgehead atoms. The SMILES string of the molecule is CCNC(c1ccc(OC)c(C)c1)c1ccc(CC)o1. The molecule has 0 spiro atoms. The summed E-state index contributed by atoms with van der Waals surface area (Å²) < 4.78 is 11.2. The van der Waals surface area contributed by atoms with Crippen LogP contribution in [0.15, 0.2) is 34.7 Å². The molecule has 2 rings (SSSR count). The van der Waals surface area contributed by atoms with Gasteiger partial charge in [0.25, 0.3) is 0 Å². The summed E-state index contributed by atoms with van der Waals surface area (Å²) in [6, 6.07) is 10.5. The first-order valence-corrected chi connectivity index (χ1v) is 7.16. The van der Waals surface area contributed by atoms with Crippen LogP contribution in [-0.2, 0) is 6.42 Å². The lowest BCUT2D eigenvalue weighted by atomic mass is 10.0. The van der Waals surface area contributed by atoms with Gasteiger partial charge in [-0.15, -0.1) is 0 Å². The van der Waals surface area contributed by atoms with Gasteiger partial charge in [0, 0.05) is 6.42 Å². The van der Waals surface area contributed by atoms with Crippen LogP contribution in [0.2, 0.25) is 0 Å². The molecule has 1 unspecified atom stereocenters. The van der Waals surface area contributed by atoms with E-state index >= 15 is 0 Å². The van der Waals surface area contributed by atoms with Gasteiger partial charge in [0.1, 0.15) is 17.3 Å². The zero-order valence-electron chi connectivity index (χ0n) is 12.7. The number of furan rings is 1. The van der Waals surface area contributed by atoms with Gasteiger partial charge < -0.3 is 14.5 Å². The average molecular weight is 273 g/mol. The molecule has 108 valence electrons. The Balaban J connectivity index is 2.34. The van der Waals surface area contributed by atoms with Crippen LogP contribution in [0.5, 0.6) is 5.75 Å². The van der Waals surface area contributed by atoms with Gasteiger partial charge in [0.15, 0.2) is 0 Å². The van der Waals surface area contributed by atoms with Crippen LogP contribution in [0, 0.1) is 6.92 Å². The predicted octanol–water partition coefficient (Wildman–Crippen LogP) is 3.86. The van der Waals surface area contributed by atoms with Crippen molar-refractivity contribution in [3.05, 3.63) is 53.0 Å². The first-order valence-electron chi connectivity index (χ1n) is 7.16. The molecule has 3 nitrogen and oxygen atoms in total. The van der Waals surface area contributed by atoms with Crippen LogP contribution in [0.4, 0.5) is 0 Å². The molecule has 0 amide bonds. The Hall–Kier alpha value is -1.74. The van der Waals surface area contributed by atoms with Crippen LogP contribution in [-0.4, -0.2) is 13.7 Å². The average Bonchev–Trinajstić information content (AvgIpc) is 2.93. The molecule has 20 heavy (non-hydrogen) atoms. The normalized spacial score (nSPS) is 12.4. The molecular formula is C17H23NO2. The summed E-state index contributed by atoms with van der Waals surface area (Å²) in [6.45, 7) is 7.15. The molecule has 1 heterocycles. The summed E-state index contributed by atoms with van der Waals surface area (Å²) in [5.41, 5.74) is 2.33.